The van der Waals surface area contributed by atoms with E-state index in [1.807, 2.05) is 44.2 Å². The van der Waals surface area contributed by atoms with Crippen molar-refractivity contribution in [3.05, 3.63) is 69.9 Å². The van der Waals surface area contributed by atoms with E-state index >= 15 is 0 Å². The maximum Gasteiger partial charge on any atom is 0.242 e. The second-order valence-corrected chi connectivity index (χ2v) is 11.0. The summed E-state index contributed by atoms with van der Waals surface area (Å²) in [5, 5.41) is 8.69. The minimum absolute atomic E-state index is 0.0809. The van der Waals surface area contributed by atoms with Crippen LogP contribution in [0.5, 0.6) is 0 Å². The van der Waals surface area contributed by atoms with Gasteiger partial charge in [-0.05, 0) is 45.8 Å². The fourth-order valence-corrected chi connectivity index (χ4v) is 5.95. The minimum atomic E-state index is -3.60. The molecule has 10 heteroatoms. The molecule has 0 radical (unpaired) electrons. The number of rotatable bonds is 7. The van der Waals surface area contributed by atoms with Crippen molar-refractivity contribution in [1.29, 1.82) is 0 Å². The van der Waals surface area contributed by atoms with E-state index in [-0.39, 0.29) is 10.9 Å². The van der Waals surface area contributed by atoms with Crippen molar-refractivity contribution in [3.8, 4) is 11.3 Å². The molecule has 0 amide bonds. The van der Waals surface area contributed by atoms with Gasteiger partial charge in [0.25, 0.3) is 0 Å². The van der Waals surface area contributed by atoms with Crippen molar-refractivity contribution in [2.75, 3.05) is 25.5 Å². The van der Waals surface area contributed by atoms with E-state index in [0.717, 1.165) is 28.3 Å². The summed E-state index contributed by atoms with van der Waals surface area (Å²) in [7, 11) is -2.12. The zero-order valence-corrected chi connectivity index (χ0v) is 21.9. The van der Waals surface area contributed by atoms with Gasteiger partial charge in [0.2, 0.25) is 10.0 Å². The first-order chi connectivity index (χ1) is 16.8. The van der Waals surface area contributed by atoms with Crippen LogP contribution in [-0.4, -0.2) is 53.6 Å². The smallest absolute Gasteiger partial charge is 0.242 e. The Bertz CT molecular complexity index is 1390. The number of ether oxygens (including phenoxy) is 1. The molecule has 2 aromatic heterocycles. The number of methoxy groups -OCH3 is 1. The molecule has 3 aromatic rings. The predicted octanol–water partition coefficient (Wildman–Crippen LogP) is 5.02. The van der Waals surface area contributed by atoms with E-state index in [1.54, 1.807) is 29.8 Å². The highest BCUT2D eigenvalue weighted by Gasteiger charge is 2.31. The Labute approximate surface area is 211 Å². The molecule has 1 fully saturated rings. The van der Waals surface area contributed by atoms with Gasteiger partial charge in [0, 0.05) is 41.3 Å². The second kappa shape index (κ2) is 10.4. The standard InChI is InChI=1S/C25H30ClN5O3S/c1-5-8-23(34-4)18(3)35(32,33)30-13-11-19(12-14-30)28-24-15-22(20-9-6-7-10-21(20)26)29-25-17(2)16-27-31(24)25/h5-10,15-16,19,28H,11-14H2,1-4H3/b8-5-,23-18-. The van der Waals surface area contributed by atoms with Gasteiger partial charge in [0.1, 0.15) is 11.6 Å². The highest BCUT2D eigenvalue weighted by Crippen LogP contribution is 2.30. The summed E-state index contributed by atoms with van der Waals surface area (Å²) in [5.41, 5.74) is 3.31. The number of allylic oxidation sites excluding steroid dienone is 3. The number of hydrogen-bond donors (Lipinski definition) is 1. The summed E-state index contributed by atoms with van der Waals surface area (Å²) in [6, 6.07) is 9.63. The van der Waals surface area contributed by atoms with Gasteiger partial charge in [-0.15, -0.1) is 0 Å². The van der Waals surface area contributed by atoms with Gasteiger partial charge in [-0.25, -0.2) is 13.4 Å². The van der Waals surface area contributed by atoms with Crippen molar-refractivity contribution in [1.82, 2.24) is 18.9 Å². The molecule has 1 N–H and O–H groups in total. The number of piperidine rings is 1. The summed E-state index contributed by atoms with van der Waals surface area (Å²) >= 11 is 6.44. The van der Waals surface area contributed by atoms with Crippen molar-refractivity contribution < 1.29 is 13.2 Å². The molecule has 0 spiro atoms. The molecule has 3 heterocycles. The lowest BCUT2D eigenvalue weighted by molar-refractivity contribution is 0.301. The summed E-state index contributed by atoms with van der Waals surface area (Å²) in [6.07, 6.45) is 6.52. The molecule has 1 aliphatic heterocycles. The lowest BCUT2D eigenvalue weighted by Gasteiger charge is -2.32. The number of halogens is 1. The molecule has 1 aliphatic rings. The van der Waals surface area contributed by atoms with E-state index in [4.69, 9.17) is 21.3 Å². The Morgan fingerprint density at radius 3 is 2.63 bits per heavy atom. The first-order valence-corrected chi connectivity index (χ1v) is 13.3. The van der Waals surface area contributed by atoms with Crippen LogP contribution in [0, 0.1) is 6.92 Å². The zero-order valence-electron chi connectivity index (χ0n) is 20.3. The topological polar surface area (TPSA) is 88.8 Å². The van der Waals surface area contributed by atoms with E-state index in [1.165, 1.54) is 11.4 Å². The summed E-state index contributed by atoms with van der Waals surface area (Å²) in [6.45, 7) is 6.20. The second-order valence-electron chi connectivity index (χ2n) is 8.52. The van der Waals surface area contributed by atoms with Crippen LogP contribution in [-0.2, 0) is 14.8 Å². The number of aromatic nitrogens is 3. The number of anilines is 1. The van der Waals surface area contributed by atoms with Gasteiger partial charge in [0.15, 0.2) is 5.65 Å². The van der Waals surface area contributed by atoms with E-state index in [9.17, 15) is 8.42 Å². The Morgan fingerprint density at radius 1 is 1.26 bits per heavy atom. The van der Waals surface area contributed by atoms with Crippen molar-refractivity contribution in [2.24, 2.45) is 0 Å². The van der Waals surface area contributed by atoms with Gasteiger partial charge in [0.05, 0.1) is 23.9 Å². The minimum Gasteiger partial charge on any atom is -0.496 e. The molecule has 0 aliphatic carbocycles. The third-order valence-corrected chi connectivity index (χ3v) is 8.57. The maximum atomic E-state index is 13.1. The number of benzene rings is 1. The molecule has 0 bridgehead atoms. The highest BCUT2D eigenvalue weighted by molar-refractivity contribution is 7.93. The third kappa shape index (κ3) is 5.07. The van der Waals surface area contributed by atoms with Crippen LogP contribution in [0.15, 0.2) is 59.3 Å². The molecule has 0 unspecified atom stereocenters. The van der Waals surface area contributed by atoms with Gasteiger partial charge in [-0.3, -0.25) is 0 Å². The van der Waals surface area contributed by atoms with Crippen LogP contribution >= 0.6 is 11.6 Å². The summed E-state index contributed by atoms with van der Waals surface area (Å²) in [5.74, 6) is 1.15. The number of nitrogens with one attached hydrogen (secondary N) is 1. The summed E-state index contributed by atoms with van der Waals surface area (Å²) < 4.78 is 34.9. The molecule has 4 rings (SSSR count). The van der Waals surface area contributed by atoms with Gasteiger partial charge in [-0.1, -0.05) is 35.9 Å². The fourth-order valence-electron chi connectivity index (χ4n) is 4.23. The largest absolute Gasteiger partial charge is 0.496 e. The molecule has 186 valence electrons. The number of fused-ring (bicyclic) bond motifs is 1. The lowest BCUT2D eigenvalue weighted by atomic mass is 10.1. The first kappa shape index (κ1) is 25.2. The monoisotopic (exact) mass is 515 g/mol. The van der Waals surface area contributed by atoms with Gasteiger partial charge < -0.3 is 10.1 Å². The van der Waals surface area contributed by atoms with Crippen LogP contribution in [0.25, 0.3) is 16.9 Å². The van der Waals surface area contributed by atoms with E-state index in [2.05, 4.69) is 10.4 Å². The van der Waals surface area contributed by atoms with Crippen LogP contribution in [0.4, 0.5) is 5.82 Å². The first-order valence-electron chi connectivity index (χ1n) is 11.5. The molecule has 0 saturated carbocycles. The van der Waals surface area contributed by atoms with E-state index < -0.39 is 10.0 Å². The number of sulfonamides is 1. The van der Waals surface area contributed by atoms with Gasteiger partial charge >= 0.3 is 0 Å². The summed E-state index contributed by atoms with van der Waals surface area (Å²) in [4.78, 5) is 5.01. The molecule has 1 saturated heterocycles. The van der Waals surface area contributed by atoms with Crippen LogP contribution in [0.3, 0.4) is 0 Å². The maximum absolute atomic E-state index is 13.1. The van der Waals surface area contributed by atoms with E-state index in [0.29, 0.717) is 36.7 Å². The lowest BCUT2D eigenvalue weighted by Crippen LogP contribution is -2.42. The average Bonchev–Trinajstić information content (AvgIpc) is 3.23. The number of aryl methyl sites for hydroxylation is 1. The van der Waals surface area contributed by atoms with Crippen molar-refractivity contribution >= 4 is 33.1 Å². The number of hydrogen-bond acceptors (Lipinski definition) is 6. The molecule has 0 atom stereocenters. The molecular weight excluding hydrogens is 486 g/mol. The Morgan fingerprint density at radius 2 is 1.97 bits per heavy atom. The van der Waals surface area contributed by atoms with Crippen molar-refractivity contribution in [3.63, 3.8) is 0 Å². The Hall–Kier alpha value is -2.88. The number of nitrogens with zero attached hydrogens (tertiary/aromatic N) is 4. The van der Waals surface area contributed by atoms with Crippen molar-refractivity contribution in [2.45, 2.75) is 39.7 Å². The Kier molecular flexibility index (Phi) is 7.49. The molecule has 35 heavy (non-hydrogen) atoms. The highest BCUT2D eigenvalue weighted by atomic mass is 35.5. The molecule has 1 aromatic carbocycles. The van der Waals surface area contributed by atoms with Crippen LogP contribution in [0.2, 0.25) is 5.02 Å². The third-order valence-electron chi connectivity index (χ3n) is 6.22. The normalized spacial score (nSPS) is 16.6. The zero-order chi connectivity index (χ0) is 25.2. The molecular formula is C25H30ClN5O3S. The average molecular weight is 516 g/mol. The fraction of sp³-hybridized carbons (Fsp3) is 0.360. The van der Waals surface area contributed by atoms with Crippen LogP contribution in [0.1, 0.15) is 32.3 Å². The molecule has 8 nitrogen and oxygen atoms in total. The quantitative estimate of drug-likeness (QED) is 0.351. The SMILES string of the molecule is C/C=C\C(OC)=C(/C)S(=O)(=O)N1CCC(Nc2cc(-c3ccccc3Cl)nc3c(C)cnn23)CC1. The predicted molar refractivity (Wildman–Crippen MR) is 140 cm³/mol. The van der Waals surface area contributed by atoms with Gasteiger partial charge in [-0.2, -0.15) is 13.9 Å². The Balaban J connectivity index is 1.56. The van der Waals surface area contributed by atoms with Crippen LogP contribution < -0.4 is 5.32 Å².